The molecule has 26 heavy (non-hydrogen) atoms. The number of hydrogen-bond donors (Lipinski definition) is 0. The Hall–Kier alpha value is -2.82. The third kappa shape index (κ3) is 4.63. The zero-order valence-corrected chi connectivity index (χ0v) is 15.8. The minimum absolute atomic E-state index is 0.00852. The van der Waals surface area contributed by atoms with Gasteiger partial charge in [0.15, 0.2) is 11.5 Å². The Balaban J connectivity index is 2.19. The van der Waals surface area contributed by atoms with E-state index in [1.165, 1.54) is 25.3 Å². The average Bonchev–Trinajstić information content (AvgIpc) is 2.61. The summed E-state index contributed by atoms with van der Waals surface area (Å²) in [5.41, 5.74) is 1.91. The van der Waals surface area contributed by atoms with Gasteiger partial charge in [-0.1, -0.05) is 32.9 Å². The fourth-order valence-electron chi connectivity index (χ4n) is 2.36. The van der Waals surface area contributed by atoms with E-state index in [0.717, 1.165) is 5.56 Å². The number of ether oxygens (including phenoxy) is 3. The number of carbonyl (C=O) groups excluding carboxylic acids is 2. The SMILES string of the molecule is CCOC(=O)c1ccc(OC(=O)c2ccc(C(C)(C)C)cc2)c(OC)c1. The average molecular weight is 356 g/mol. The number of methoxy groups -OCH3 is 1. The zero-order chi connectivity index (χ0) is 19.3. The van der Waals surface area contributed by atoms with E-state index in [2.05, 4.69) is 20.8 Å². The van der Waals surface area contributed by atoms with Crippen molar-refractivity contribution in [3.05, 3.63) is 59.2 Å². The fourth-order valence-corrected chi connectivity index (χ4v) is 2.36. The molecule has 0 heterocycles. The first kappa shape index (κ1) is 19.5. The Morgan fingerprint density at radius 3 is 2.04 bits per heavy atom. The standard InChI is InChI=1S/C21H24O5/c1-6-25-19(22)15-9-12-17(18(13-15)24-5)26-20(23)14-7-10-16(11-8-14)21(2,3)4/h7-13H,6H2,1-5H3. The van der Waals surface area contributed by atoms with Gasteiger partial charge in [0.25, 0.3) is 0 Å². The summed E-state index contributed by atoms with van der Waals surface area (Å²) in [6, 6.07) is 11.8. The normalized spacial score (nSPS) is 11.0. The van der Waals surface area contributed by atoms with E-state index in [4.69, 9.17) is 14.2 Å². The van der Waals surface area contributed by atoms with Crippen LogP contribution in [-0.4, -0.2) is 25.7 Å². The van der Waals surface area contributed by atoms with Crippen molar-refractivity contribution in [2.75, 3.05) is 13.7 Å². The lowest BCUT2D eigenvalue weighted by Gasteiger charge is -2.19. The van der Waals surface area contributed by atoms with Crippen LogP contribution in [0.2, 0.25) is 0 Å². The highest BCUT2D eigenvalue weighted by Gasteiger charge is 2.17. The molecule has 0 bridgehead atoms. The molecule has 0 aromatic heterocycles. The third-order valence-electron chi connectivity index (χ3n) is 3.86. The van der Waals surface area contributed by atoms with Gasteiger partial charge in [0, 0.05) is 0 Å². The van der Waals surface area contributed by atoms with Gasteiger partial charge in [0.05, 0.1) is 24.8 Å². The largest absolute Gasteiger partial charge is 0.493 e. The predicted molar refractivity (Wildman–Crippen MR) is 99.1 cm³/mol. The van der Waals surface area contributed by atoms with Gasteiger partial charge in [-0.15, -0.1) is 0 Å². The summed E-state index contributed by atoms with van der Waals surface area (Å²) in [5.74, 6) is -0.422. The second-order valence-electron chi connectivity index (χ2n) is 6.80. The molecule has 0 unspecified atom stereocenters. The van der Waals surface area contributed by atoms with Crippen LogP contribution in [0.25, 0.3) is 0 Å². The second-order valence-corrected chi connectivity index (χ2v) is 6.80. The molecule has 0 aliphatic heterocycles. The molecule has 0 radical (unpaired) electrons. The number of carbonyl (C=O) groups is 2. The molecular formula is C21H24O5. The maximum absolute atomic E-state index is 12.4. The van der Waals surface area contributed by atoms with Crippen molar-refractivity contribution in [1.29, 1.82) is 0 Å². The van der Waals surface area contributed by atoms with E-state index in [-0.39, 0.29) is 23.5 Å². The van der Waals surface area contributed by atoms with Crippen LogP contribution in [0.5, 0.6) is 11.5 Å². The quantitative estimate of drug-likeness (QED) is 0.587. The summed E-state index contributed by atoms with van der Waals surface area (Å²) in [7, 11) is 1.44. The van der Waals surface area contributed by atoms with Crippen LogP contribution in [-0.2, 0) is 10.2 Å². The molecule has 2 rings (SSSR count). The van der Waals surface area contributed by atoms with Crippen molar-refractivity contribution in [1.82, 2.24) is 0 Å². The molecule has 0 amide bonds. The van der Waals surface area contributed by atoms with E-state index in [1.807, 2.05) is 12.1 Å². The van der Waals surface area contributed by atoms with Crippen molar-refractivity contribution in [2.24, 2.45) is 0 Å². The molecule has 0 atom stereocenters. The van der Waals surface area contributed by atoms with Crippen molar-refractivity contribution >= 4 is 11.9 Å². The number of benzene rings is 2. The van der Waals surface area contributed by atoms with Crippen molar-refractivity contribution in [3.63, 3.8) is 0 Å². The summed E-state index contributed by atoms with van der Waals surface area (Å²) in [5, 5.41) is 0. The topological polar surface area (TPSA) is 61.8 Å². The molecule has 138 valence electrons. The van der Waals surface area contributed by atoms with Crippen LogP contribution >= 0.6 is 0 Å². The lowest BCUT2D eigenvalue weighted by molar-refractivity contribution is 0.0526. The Morgan fingerprint density at radius 1 is 0.885 bits per heavy atom. The summed E-state index contributed by atoms with van der Waals surface area (Å²) in [6.45, 7) is 8.33. The molecule has 2 aromatic rings. The van der Waals surface area contributed by atoms with E-state index in [0.29, 0.717) is 11.1 Å². The van der Waals surface area contributed by atoms with Gasteiger partial charge in [0.2, 0.25) is 0 Å². The molecule has 0 aliphatic carbocycles. The smallest absolute Gasteiger partial charge is 0.343 e. The zero-order valence-electron chi connectivity index (χ0n) is 15.8. The number of hydrogen-bond acceptors (Lipinski definition) is 5. The van der Waals surface area contributed by atoms with Gasteiger partial charge in [-0.3, -0.25) is 0 Å². The number of esters is 2. The maximum Gasteiger partial charge on any atom is 0.343 e. The van der Waals surface area contributed by atoms with Crippen molar-refractivity contribution in [2.45, 2.75) is 33.1 Å². The van der Waals surface area contributed by atoms with Crippen LogP contribution in [0.4, 0.5) is 0 Å². The van der Waals surface area contributed by atoms with Gasteiger partial charge in [-0.05, 0) is 48.2 Å². The predicted octanol–water partition coefficient (Wildman–Crippen LogP) is 4.39. The Labute approximate surface area is 153 Å². The molecule has 0 fully saturated rings. The molecule has 2 aromatic carbocycles. The van der Waals surface area contributed by atoms with Crippen LogP contribution < -0.4 is 9.47 Å². The fraction of sp³-hybridized carbons (Fsp3) is 0.333. The summed E-state index contributed by atoms with van der Waals surface area (Å²) in [4.78, 5) is 24.2. The highest BCUT2D eigenvalue weighted by molar-refractivity contribution is 5.92. The first-order valence-electron chi connectivity index (χ1n) is 8.44. The lowest BCUT2D eigenvalue weighted by atomic mass is 9.87. The Bertz CT molecular complexity index is 785. The molecule has 5 heteroatoms. The highest BCUT2D eigenvalue weighted by atomic mass is 16.6. The molecule has 0 N–H and O–H groups in total. The maximum atomic E-state index is 12.4. The number of rotatable bonds is 5. The first-order chi connectivity index (χ1) is 12.3. The monoisotopic (exact) mass is 356 g/mol. The van der Waals surface area contributed by atoms with E-state index >= 15 is 0 Å². The third-order valence-corrected chi connectivity index (χ3v) is 3.86. The van der Waals surface area contributed by atoms with Gasteiger partial charge >= 0.3 is 11.9 Å². The first-order valence-corrected chi connectivity index (χ1v) is 8.44. The second kappa shape index (κ2) is 8.04. The van der Waals surface area contributed by atoms with Crippen molar-refractivity contribution in [3.8, 4) is 11.5 Å². The van der Waals surface area contributed by atoms with Crippen LogP contribution in [0, 0.1) is 0 Å². The molecule has 0 spiro atoms. The summed E-state index contributed by atoms with van der Waals surface area (Å²) in [6.07, 6.45) is 0. The van der Waals surface area contributed by atoms with Crippen LogP contribution in [0.15, 0.2) is 42.5 Å². The molecule has 0 saturated heterocycles. The molecule has 5 nitrogen and oxygen atoms in total. The lowest BCUT2D eigenvalue weighted by Crippen LogP contribution is -2.13. The van der Waals surface area contributed by atoms with E-state index in [9.17, 15) is 9.59 Å². The van der Waals surface area contributed by atoms with Crippen molar-refractivity contribution < 1.29 is 23.8 Å². The highest BCUT2D eigenvalue weighted by Crippen LogP contribution is 2.29. The van der Waals surface area contributed by atoms with E-state index < -0.39 is 11.9 Å². The Morgan fingerprint density at radius 2 is 1.50 bits per heavy atom. The minimum atomic E-state index is -0.493. The van der Waals surface area contributed by atoms with Gasteiger partial charge in [-0.2, -0.15) is 0 Å². The van der Waals surface area contributed by atoms with Gasteiger partial charge < -0.3 is 14.2 Å². The minimum Gasteiger partial charge on any atom is -0.493 e. The molecule has 0 aliphatic rings. The van der Waals surface area contributed by atoms with Gasteiger partial charge in [-0.25, -0.2) is 9.59 Å². The van der Waals surface area contributed by atoms with E-state index in [1.54, 1.807) is 19.1 Å². The molecular weight excluding hydrogens is 332 g/mol. The van der Waals surface area contributed by atoms with Gasteiger partial charge in [0.1, 0.15) is 0 Å². The Kier molecular flexibility index (Phi) is 6.03. The van der Waals surface area contributed by atoms with Crippen LogP contribution in [0.3, 0.4) is 0 Å². The summed E-state index contributed by atoms with van der Waals surface area (Å²) < 4.78 is 15.6. The van der Waals surface area contributed by atoms with Crippen LogP contribution in [0.1, 0.15) is 54.0 Å². The summed E-state index contributed by atoms with van der Waals surface area (Å²) >= 11 is 0. The molecule has 0 saturated carbocycles.